The first-order valence-electron chi connectivity index (χ1n) is 10.0. The SMILES string of the molecule is O=C1S/C(=C/CCc2ccccc2)C(=O)N1CCCCSc1cccc2nccn12. The summed E-state index contributed by atoms with van der Waals surface area (Å²) in [7, 11) is 0. The molecule has 0 atom stereocenters. The molecular formula is C23H23N3O2S2. The summed E-state index contributed by atoms with van der Waals surface area (Å²) in [5, 5.41) is 0.999. The first-order valence-corrected chi connectivity index (χ1v) is 11.9. The number of amides is 2. The lowest BCUT2D eigenvalue weighted by molar-refractivity contribution is -0.122. The van der Waals surface area contributed by atoms with E-state index < -0.39 is 0 Å². The number of unbranched alkanes of at least 4 members (excludes halogenated alkanes) is 1. The molecule has 3 aromatic rings. The molecule has 4 rings (SSSR count). The predicted octanol–water partition coefficient (Wildman–Crippen LogP) is 5.42. The lowest BCUT2D eigenvalue weighted by Gasteiger charge is -2.12. The molecule has 1 fully saturated rings. The Labute approximate surface area is 184 Å². The number of pyridine rings is 1. The third kappa shape index (κ3) is 4.96. The Morgan fingerprint density at radius 2 is 1.90 bits per heavy atom. The number of hydrogen-bond donors (Lipinski definition) is 0. The molecular weight excluding hydrogens is 414 g/mol. The number of carbonyl (C=O) groups is 2. The second kappa shape index (κ2) is 10.00. The maximum Gasteiger partial charge on any atom is 0.293 e. The second-order valence-corrected chi connectivity index (χ2v) is 9.10. The monoisotopic (exact) mass is 437 g/mol. The van der Waals surface area contributed by atoms with Crippen LogP contribution in [0.2, 0.25) is 0 Å². The van der Waals surface area contributed by atoms with Gasteiger partial charge in [0, 0.05) is 18.9 Å². The molecule has 1 saturated heterocycles. The van der Waals surface area contributed by atoms with Crippen LogP contribution in [0.15, 0.2) is 76.9 Å². The average molecular weight is 438 g/mol. The Morgan fingerprint density at radius 1 is 1.03 bits per heavy atom. The standard InChI is InChI=1S/C23H23N3O2S2/c27-22-19(11-6-10-18-8-2-1-3-9-18)30-23(28)26(22)15-4-5-17-29-21-13-7-12-20-24-14-16-25(20)21/h1-3,7-9,11-14,16H,4-6,10,15,17H2/b19-11+. The van der Waals surface area contributed by atoms with Gasteiger partial charge in [0.05, 0.1) is 9.93 Å². The summed E-state index contributed by atoms with van der Waals surface area (Å²) >= 11 is 2.83. The van der Waals surface area contributed by atoms with Gasteiger partial charge in [-0.2, -0.15) is 0 Å². The van der Waals surface area contributed by atoms with Gasteiger partial charge in [-0.15, -0.1) is 11.8 Å². The maximum atomic E-state index is 12.6. The topological polar surface area (TPSA) is 54.7 Å². The van der Waals surface area contributed by atoms with E-state index in [1.165, 1.54) is 10.5 Å². The first-order chi connectivity index (χ1) is 14.7. The van der Waals surface area contributed by atoms with Gasteiger partial charge in [0.2, 0.25) is 0 Å². The van der Waals surface area contributed by atoms with Crippen molar-refractivity contribution < 1.29 is 9.59 Å². The normalized spacial score (nSPS) is 15.6. The molecule has 2 amide bonds. The minimum Gasteiger partial charge on any atom is -0.294 e. The van der Waals surface area contributed by atoms with Crippen LogP contribution in [-0.2, 0) is 11.2 Å². The van der Waals surface area contributed by atoms with Crippen molar-refractivity contribution in [2.45, 2.75) is 30.7 Å². The van der Waals surface area contributed by atoms with Crippen molar-refractivity contribution in [3.05, 3.63) is 77.5 Å². The molecule has 0 spiro atoms. The molecule has 0 saturated carbocycles. The van der Waals surface area contributed by atoms with E-state index >= 15 is 0 Å². The molecule has 1 aliphatic heterocycles. The Hall–Kier alpha value is -2.51. The van der Waals surface area contributed by atoms with Gasteiger partial charge in [-0.05, 0) is 60.9 Å². The second-order valence-electron chi connectivity index (χ2n) is 6.99. The highest BCUT2D eigenvalue weighted by Gasteiger charge is 2.34. The van der Waals surface area contributed by atoms with Crippen molar-refractivity contribution in [2.75, 3.05) is 12.3 Å². The zero-order valence-electron chi connectivity index (χ0n) is 16.6. The summed E-state index contributed by atoms with van der Waals surface area (Å²) in [6, 6.07) is 16.2. The largest absolute Gasteiger partial charge is 0.294 e. The van der Waals surface area contributed by atoms with E-state index in [1.54, 1.807) is 18.0 Å². The molecule has 1 aliphatic rings. The van der Waals surface area contributed by atoms with E-state index in [2.05, 4.69) is 27.6 Å². The number of imide groups is 1. The van der Waals surface area contributed by atoms with Gasteiger partial charge in [-0.3, -0.25) is 18.9 Å². The van der Waals surface area contributed by atoms with Crippen LogP contribution < -0.4 is 0 Å². The van der Waals surface area contributed by atoms with Crippen molar-refractivity contribution in [2.24, 2.45) is 0 Å². The smallest absolute Gasteiger partial charge is 0.293 e. The Kier molecular flexibility index (Phi) is 6.92. The molecule has 0 bridgehead atoms. The van der Waals surface area contributed by atoms with Gasteiger partial charge in [-0.25, -0.2) is 4.98 Å². The quantitative estimate of drug-likeness (QED) is 0.254. The fraction of sp³-hybridized carbons (Fsp3) is 0.261. The summed E-state index contributed by atoms with van der Waals surface area (Å²) in [4.78, 5) is 31.1. The van der Waals surface area contributed by atoms with Gasteiger partial charge in [0.1, 0.15) is 5.65 Å². The number of allylic oxidation sites excluding steroid dienone is 1. The average Bonchev–Trinajstić information content (AvgIpc) is 3.34. The third-order valence-corrected chi connectivity index (χ3v) is 6.97. The Morgan fingerprint density at radius 3 is 2.77 bits per heavy atom. The van der Waals surface area contributed by atoms with Crippen LogP contribution in [0, 0.1) is 0 Å². The fourth-order valence-electron chi connectivity index (χ4n) is 3.33. The van der Waals surface area contributed by atoms with Crippen LogP contribution in [0.1, 0.15) is 24.8 Å². The summed E-state index contributed by atoms with van der Waals surface area (Å²) in [5.74, 6) is 0.786. The molecule has 0 radical (unpaired) electrons. The first kappa shape index (κ1) is 20.8. The number of rotatable bonds is 9. The molecule has 154 valence electrons. The van der Waals surface area contributed by atoms with E-state index in [0.717, 1.165) is 53.9 Å². The third-order valence-electron chi connectivity index (χ3n) is 4.90. The lowest BCUT2D eigenvalue weighted by Crippen LogP contribution is -2.29. The highest BCUT2D eigenvalue weighted by atomic mass is 32.2. The molecule has 2 aromatic heterocycles. The number of hydrogen-bond acceptors (Lipinski definition) is 5. The van der Waals surface area contributed by atoms with Gasteiger partial charge in [0.15, 0.2) is 0 Å². The molecule has 3 heterocycles. The Bertz CT molecular complexity index is 1060. The molecule has 0 unspecified atom stereocenters. The molecule has 1 aromatic carbocycles. The van der Waals surface area contributed by atoms with Crippen LogP contribution in [0.3, 0.4) is 0 Å². The van der Waals surface area contributed by atoms with E-state index in [1.807, 2.05) is 42.6 Å². The number of imidazole rings is 1. The molecule has 30 heavy (non-hydrogen) atoms. The van der Waals surface area contributed by atoms with Crippen molar-refractivity contribution in [3.63, 3.8) is 0 Å². The maximum absolute atomic E-state index is 12.6. The number of benzene rings is 1. The summed E-state index contributed by atoms with van der Waals surface area (Å²) in [5.41, 5.74) is 2.17. The van der Waals surface area contributed by atoms with Gasteiger partial charge in [-0.1, -0.05) is 42.5 Å². The molecule has 5 nitrogen and oxygen atoms in total. The van der Waals surface area contributed by atoms with Crippen LogP contribution in [0.25, 0.3) is 5.65 Å². The predicted molar refractivity (Wildman–Crippen MR) is 123 cm³/mol. The van der Waals surface area contributed by atoms with Crippen LogP contribution >= 0.6 is 23.5 Å². The van der Waals surface area contributed by atoms with E-state index in [9.17, 15) is 9.59 Å². The van der Waals surface area contributed by atoms with Crippen LogP contribution in [0.5, 0.6) is 0 Å². The minimum absolute atomic E-state index is 0.145. The van der Waals surface area contributed by atoms with Crippen molar-refractivity contribution >= 4 is 40.3 Å². The van der Waals surface area contributed by atoms with E-state index in [-0.39, 0.29) is 11.1 Å². The molecule has 0 aliphatic carbocycles. The summed E-state index contributed by atoms with van der Waals surface area (Å²) < 4.78 is 2.07. The molecule has 7 heteroatoms. The van der Waals surface area contributed by atoms with Crippen LogP contribution in [-0.4, -0.2) is 37.7 Å². The number of aryl methyl sites for hydroxylation is 1. The zero-order chi connectivity index (χ0) is 20.8. The fourth-order valence-corrected chi connectivity index (χ4v) is 5.23. The highest BCUT2D eigenvalue weighted by Crippen LogP contribution is 2.31. The number of nitrogens with zero attached hydrogens (tertiary/aromatic N) is 3. The number of thioether (sulfide) groups is 2. The zero-order valence-corrected chi connectivity index (χ0v) is 18.2. The van der Waals surface area contributed by atoms with Crippen molar-refractivity contribution in [3.8, 4) is 0 Å². The molecule has 0 N–H and O–H groups in total. The highest BCUT2D eigenvalue weighted by molar-refractivity contribution is 8.18. The number of aromatic nitrogens is 2. The summed E-state index contributed by atoms with van der Waals surface area (Å²) in [6.07, 6.45) is 9.03. The van der Waals surface area contributed by atoms with E-state index in [4.69, 9.17) is 0 Å². The lowest BCUT2D eigenvalue weighted by atomic mass is 10.1. The minimum atomic E-state index is -0.151. The van der Waals surface area contributed by atoms with Crippen LogP contribution in [0.4, 0.5) is 4.79 Å². The Balaban J connectivity index is 1.22. The van der Waals surface area contributed by atoms with Gasteiger partial charge >= 0.3 is 0 Å². The van der Waals surface area contributed by atoms with Gasteiger partial charge in [0.25, 0.3) is 11.1 Å². The summed E-state index contributed by atoms with van der Waals surface area (Å²) in [6.45, 7) is 0.483. The van der Waals surface area contributed by atoms with E-state index in [0.29, 0.717) is 11.4 Å². The number of fused-ring (bicyclic) bond motifs is 1. The van der Waals surface area contributed by atoms with Crippen molar-refractivity contribution in [1.82, 2.24) is 14.3 Å². The number of carbonyl (C=O) groups excluding carboxylic acids is 2. The van der Waals surface area contributed by atoms with Crippen molar-refractivity contribution in [1.29, 1.82) is 0 Å². The van der Waals surface area contributed by atoms with Gasteiger partial charge < -0.3 is 0 Å².